The Bertz CT molecular complexity index is 462. The fourth-order valence-electron chi connectivity index (χ4n) is 2.04. The van der Waals surface area contributed by atoms with E-state index in [0.29, 0.717) is 13.0 Å². The highest BCUT2D eigenvalue weighted by Gasteiger charge is 2.24. The molecule has 19 heavy (non-hydrogen) atoms. The van der Waals surface area contributed by atoms with Crippen LogP contribution < -0.4 is 10.1 Å². The maximum absolute atomic E-state index is 9.26. The average Bonchev–Trinajstić information content (AvgIpc) is 2.33. The summed E-state index contributed by atoms with van der Waals surface area (Å²) in [5.74, 6) is 0.907. The van der Waals surface area contributed by atoms with Crippen molar-refractivity contribution in [2.45, 2.75) is 52.6 Å². The summed E-state index contributed by atoms with van der Waals surface area (Å²) in [6.07, 6.45) is 0.662. The standard InChI is InChI=1S/C16H24N2O/c1-12(2)18-16(5,11-17)9-10-19-15-8-6-7-13(3)14(15)4/h6-8,12,18H,9-10H2,1-5H3. The summed E-state index contributed by atoms with van der Waals surface area (Å²) in [4.78, 5) is 0. The normalized spacial score (nSPS) is 13.9. The lowest BCUT2D eigenvalue weighted by Crippen LogP contribution is -2.45. The average molecular weight is 260 g/mol. The Morgan fingerprint density at radius 3 is 2.63 bits per heavy atom. The molecule has 0 aliphatic heterocycles. The minimum Gasteiger partial charge on any atom is -0.493 e. The summed E-state index contributed by atoms with van der Waals surface area (Å²) >= 11 is 0. The van der Waals surface area contributed by atoms with Gasteiger partial charge in [0.1, 0.15) is 11.3 Å². The summed E-state index contributed by atoms with van der Waals surface area (Å²) < 4.78 is 5.81. The van der Waals surface area contributed by atoms with Gasteiger partial charge in [0.2, 0.25) is 0 Å². The summed E-state index contributed by atoms with van der Waals surface area (Å²) in [5, 5.41) is 12.5. The molecule has 0 saturated carbocycles. The molecule has 0 fully saturated rings. The maximum atomic E-state index is 9.26. The highest BCUT2D eigenvalue weighted by molar-refractivity contribution is 5.38. The van der Waals surface area contributed by atoms with E-state index < -0.39 is 5.54 Å². The lowest BCUT2D eigenvalue weighted by Gasteiger charge is -2.26. The van der Waals surface area contributed by atoms with Crippen molar-refractivity contribution in [3.05, 3.63) is 29.3 Å². The van der Waals surface area contributed by atoms with E-state index in [9.17, 15) is 5.26 Å². The van der Waals surface area contributed by atoms with E-state index in [0.717, 1.165) is 11.3 Å². The lowest BCUT2D eigenvalue weighted by atomic mass is 9.99. The Kier molecular flexibility index (Phi) is 5.38. The number of rotatable bonds is 6. The van der Waals surface area contributed by atoms with Crippen molar-refractivity contribution in [1.82, 2.24) is 5.32 Å². The van der Waals surface area contributed by atoms with Crippen LogP contribution >= 0.6 is 0 Å². The van der Waals surface area contributed by atoms with E-state index in [-0.39, 0.29) is 6.04 Å². The molecule has 0 aliphatic rings. The first-order valence-corrected chi connectivity index (χ1v) is 6.76. The van der Waals surface area contributed by atoms with E-state index in [2.05, 4.69) is 31.3 Å². The summed E-state index contributed by atoms with van der Waals surface area (Å²) in [6, 6.07) is 8.65. The fraction of sp³-hybridized carbons (Fsp3) is 0.562. The highest BCUT2D eigenvalue weighted by Crippen LogP contribution is 2.21. The minimum atomic E-state index is -0.536. The van der Waals surface area contributed by atoms with E-state index in [1.54, 1.807) is 0 Å². The first-order chi connectivity index (χ1) is 8.88. The smallest absolute Gasteiger partial charge is 0.122 e. The number of hydrogen-bond acceptors (Lipinski definition) is 3. The zero-order valence-electron chi connectivity index (χ0n) is 12.6. The third-order valence-electron chi connectivity index (χ3n) is 3.27. The topological polar surface area (TPSA) is 45.0 Å². The SMILES string of the molecule is Cc1cccc(OCCC(C)(C#N)NC(C)C)c1C. The Labute approximate surface area is 116 Å². The van der Waals surface area contributed by atoms with Gasteiger partial charge in [-0.05, 0) is 51.8 Å². The van der Waals surface area contributed by atoms with Crippen LogP contribution in [0.4, 0.5) is 0 Å². The molecule has 3 heteroatoms. The molecule has 0 spiro atoms. The second-order valence-electron chi connectivity index (χ2n) is 5.54. The molecule has 1 aromatic carbocycles. The second kappa shape index (κ2) is 6.58. The molecule has 3 nitrogen and oxygen atoms in total. The molecule has 0 amide bonds. The molecule has 0 heterocycles. The van der Waals surface area contributed by atoms with Crippen LogP contribution in [0.5, 0.6) is 5.75 Å². The van der Waals surface area contributed by atoms with Gasteiger partial charge in [0.05, 0.1) is 12.7 Å². The van der Waals surface area contributed by atoms with Crippen LogP contribution in [-0.4, -0.2) is 18.2 Å². The molecule has 1 N–H and O–H groups in total. The van der Waals surface area contributed by atoms with Gasteiger partial charge in [0.25, 0.3) is 0 Å². The van der Waals surface area contributed by atoms with E-state index >= 15 is 0 Å². The Morgan fingerprint density at radius 2 is 2.05 bits per heavy atom. The highest BCUT2D eigenvalue weighted by atomic mass is 16.5. The first-order valence-electron chi connectivity index (χ1n) is 6.76. The predicted molar refractivity (Wildman–Crippen MR) is 78.3 cm³/mol. The third kappa shape index (κ3) is 4.57. The molecule has 0 radical (unpaired) electrons. The Morgan fingerprint density at radius 1 is 1.37 bits per heavy atom. The zero-order valence-corrected chi connectivity index (χ0v) is 12.6. The molecule has 1 unspecified atom stereocenters. The van der Waals surface area contributed by atoms with Crippen molar-refractivity contribution < 1.29 is 4.74 Å². The Hall–Kier alpha value is -1.53. The van der Waals surface area contributed by atoms with Gasteiger partial charge >= 0.3 is 0 Å². The number of ether oxygens (including phenoxy) is 1. The van der Waals surface area contributed by atoms with Gasteiger partial charge in [0, 0.05) is 12.5 Å². The molecular weight excluding hydrogens is 236 g/mol. The molecule has 0 bridgehead atoms. The zero-order chi connectivity index (χ0) is 14.5. The number of benzene rings is 1. The van der Waals surface area contributed by atoms with E-state index in [1.165, 1.54) is 5.56 Å². The second-order valence-corrected chi connectivity index (χ2v) is 5.54. The van der Waals surface area contributed by atoms with Gasteiger partial charge in [-0.1, -0.05) is 12.1 Å². The van der Waals surface area contributed by atoms with Gasteiger partial charge in [-0.25, -0.2) is 0 Å². The van der Waals surface area contributed by atoms with Gasteiger partial charge in [-0.2, -0.15) is 5.26 Å². The van der Waals surface area contributed by atoms with Crippen LogP contribution in [0.1, 0.15) is 38.3 Å². The van der Waals surface area contributed by atoms with Crippen LogP contribution in [0.25, 0.3) is 0 Å². The van der Waals surface area contributed by atoms with Crippen molar-refractivity contribution >= 4 is 0 Å². The molecule has 0 aliphatic carbocycles. The van der Waals surface area contributed by atoms with Crippen molar-refractivity contribution in [3.63, 3.8) is 0 Å². The molecule has 104 valence electrons. The van der Waals surface area contributed by atoms with Crippen molar-refractivity contribution in [3.8, 4) is 11.8 Å². The van der Waals surface area contributed by atoms with Crippen LogP contribution in [0.15, 0.2) is 18.2 Å². The van der Waals surface area contributed by atoms with Gasteiger partial charge in [-0.15, -0.1) is 0 Å². The van der Waals surface area contributed by atoms with Crippen LogP contribution in [0.2, 0.25) is 0 Å². The summed E-state index contributed by atoms with van der Waals surface area (Å²) in [5.41, 5.74) is 1.85. The number of nitriles is 1. The van der Waals surface area contributed by atoms with Crippen molar-refractivity contribution in [2.24, 2.45) is 0 Å². The number of nitrogens with zero attached hydrogens (tertiary/aromatic N) is 1. The summed E-state index contributed by atoms with van der Waals surface area (Å²) in [6.45, 7) is 10.7. The van der Waals surface area contributed by atoms with E-state index in [4.69, 9.17) is 4.74 Å². The van der Waals surface area contributed by atoms with Crippen LogP contribution in [0, 0.1) is 25.2 Å². The fourth-order valence-corrected chi connectivity index (χ4v) is 2.04. The third-order valence-corrected chi connectivity index (χ3v) is 3.27. The molecule has 0 saturated heterocycles. The van der Waals surface area contributed by atoms with Crippen molar-refractivity contribution in [2.75, 3.05) is 6.61 Å². The quantitative estimate of drug-likeness (QED) is 0.853. The minimum absolute atomic E-state index is 0.283. The first kappa shape index (κ1) is 15.5. The predicted octanol–water partition coefficient (Wildman–Crippen LogP) is 3.35. The van der Waals surface area contributed by atoms with Gasteiger partial charge in [0.15, 0.2) is 0 Å². The maximum Gasteiger partial charge on any atom is 0.122 e. The van der Waals surface area contributed by atoms with Gasteiger partial charge < -0.3 is 4.74 Å². The molecule has 1 aromatic rings. The lowest BCUT2D eigenvalue weighted by molar-refractivity contribution is 0.258. The molecular formula is C16H24N2O. The Balaban J connectivity index is 2.58. The monoisotopic (exact) mass is 260 g/mol. The molecule has 1 atom stereocenters. The number of hydrogen-bond donors (Lipinski definition) is 1. The van der Waals surface area contributed by atoms with Crippen LogP contribution in [-0.2, 0) is 0 Å². The van der Waals surface area contributed by atoms with Gasteiger partial charge in [-0.3, -0.25) is 5.32 Å². The van der Waals surface area contributed by atoms with Crippen molar-refractivity contribution in [1.29, 1.82) is 5.26 Å². The van der Waals surface area contributed by atoms with E-state index in [1.807, 2.05) is 32.9 Å². The molecule has 1 rings (SSSR count). The molecule has 0 aromatic heterocycles. The largest absolute Gasteiger partial charge is 0.493 e. The van der Waals surface area contributed by atoms with Crippen LogP contribution in [0.3, 0.4) is 0 Å². The summed E-state index contributed by atoms with van der Waals surface area (Å²) in [7, 11) is 0. The number of nitrogens with one attached hydrogen (secondary N) is 1. The number of aryl methyl sites for hydroxylation is 1.